The second-order valence-corrected chi connectivity index (χ2v) is 4.24. The Labute approximate surface area is 115 Å². The summed E-state index contributed by atoms with van der Waals surface area (Å²) in [5.74, 6) is -0.478. The van der Waals surface area contributed by atoms with E-state index in [2.05, 4.69) is 19.8 Å². The van der Waals surface area contributed by atoms with E-state index < -0.39 is 5.97 Å². The number of rotatable bonds is 3. The van der Waals surface area contributed by atoms with Crippen molar-refractivity contribution in [3.8, 4) is 0 Å². The first kappa shape index (κ1) is 12.3. The van der Waals surface area contributed by atoms with Crippen LogP contribution in [0.5, 0.6) is 0 Å². The fourth-order valence-electron chi connectivity index (χ4n) is 2.02. The quantitative estimate of drug-likeness (QED) is 0.676. The van der Waals surface area contributed by atoms with Gasteiger partial charge >= 0.3 is 5.97 Å². The standard InChI is InChI=1S/C14H12N4O2/c1-20-14(19)13-16-9-18(17-13)8-10-6-7-15-12-5-3-2-4-11(10)12/h2-7,9H,8H2,1H3. The van der Waals surface area contributed by atoms with E-state index >= 15 is 0 Å². The van der Waals surface area contributed by atoms with Crippen LogP contribution in [-0.2, 0) is 11.3 Å². The highest BCUT2D eigenvalue weighted by Crippen LogP contribution is 2.16. The molecule has 0 aliphatic heterocycles. The van der Waals surface area contributed by atoms with E-state index in [4.69, 9.17) is 0 Å². The predicted molar refractivity (Wildman–Crippen MR) is 72.2 cm³/mol. The smallest absolute Gasteiger partial charge is 0.377 e. The number of fused-ring (bicyclic) bond motifs is 1. The monoisotopic (exact) mass is 268 g/mol. The highest BCUT2D eigenvalue weighted by atomic mass is 16.5. The number of benzene rings is 1. The van der Waals surface area contributed by atoms with Gasteiger partial charge in [0, 0.05) is 11.6 Å². The zero-order valence-electron chi connectivity index (χ0n) is 10.9. The highest BCUT2D eigenvalue weighted by Gasteiger charge is 2.11. The van der Waals surface area contributed by atoms with Gasteiger partial charge in [0.05, 0.1) is 19.2 Å². The molecule has 1 aromatic carbocycles. The van der Waals surface area contributed by atoms with E-state index in [9.17, 15) is 4.79 Å². The van der Waals surface area contributed by atoms with Crippen molar-refractivity contribution < 1.29 is 9.53 Å². The van der Waals surface area contributed by atoms with Crippen LogP contribution in [0.3, 0.4) is 0 Å². The summed E-state index contributed by atoms with van der Waals surface area (Å²) in [6.07, 6.45) is 3.28. The molecule has 100 valence electrons. The number of hydrogen-bond donors (Lipinski definition) is 0. The molecule has 0 saturated heterocycles. The molecule has 0 saturated carbocycles. The molecule has 0 amide bonds. The van der Waals surface area contributed by atoms with E-state index in [0.29, 0.717) is 6.54 Å². The second kappa shape index (κ2) is 5.08. The van der Waals surface area contributed by atoms with Crippen LogP contribution >= 0.6 is 0 Å². The predicted octanol–water partition coefficient (Wildman–Crippen LogP) is 1.66. The van der Waals surface area contributed by atoms with Gasteiger partial charge in [0.1, 0.15) is 6.33 Å². The molecule has 0 fully saturated rings. The Morgan fingerprint density at radius 2 is 2.10 bits per heavy atom. The third-order valence-corrected chi connectivity index (χ3v) is 2.98. The summed E-state index contributed by atoms with van der Waals surface area (Å²) >= 11 is 0. The Bertz CT molecular complexity index is 761. The van der Waals surface area contributed by atoms with Gasteiger partial charge in [-0.2, -0.15) is 0 Å². The minimum Gasteiger partial charge on any atom is -0.463 e. The van der Waals surface area contributed by atoms with Crippen molar-refractivity contribution in [2.24, 2.45) is 0 Å². The van der Waals surface area contributed by atoms with Gasteiger partial charge in [-0.15, -0.1) is 5.10 Å². The molecule has 3 rings (SSSR count). The van der Waals surface area contributed by atoms with Gasteiger partial charge in [-0.3, -0.25) is 4.98 Å². The molecule has 2 heterocycles. The summed E-state index contributed by atoms with van der Waals surface area (Å²) in [7, 11) is 1.30. The lowest BCUT2D eigenvalue weighted by atomic mass is 10.1. The average molecular weight is 268 g/mol. The number of carbonyl (C=O) groups excluding carboxylic acids is 1. The van der Waals surface area contributed by atoms with Gasteiger partial charge in [-0.1, -0.05) is 18.2 Å². The maximum absolute atomic E-state index is 11.3. The fraction of sp³-hybridized carbons (Fsp3) is 0.143. The SMILES string of the molecule is COC(=O)c1ncn(Cc2ccnc3ccccc23)n1. The van der Waals surface area contributed by atoms with Gasteiger partial charge in [0.25, 0.3) is 5.82 Å². The van der Waals surface area contributed by atoms with Crippen LogP contribution in [0.2, 0.25) is 0 Å². The molecule has 0 radical (unpaired) electrons. The molecular weight excluding hydrogens is 256 g/mol. The lowest BCUT2D eigenvalue weighted by Crippen LogP contribution is -2.06. The van der Waals surface area contributed by atoms with Crippen molar-refractivity contribution in [3.05, 3.63) is 54.2 Å². The topological polar surface area (TPSA) is 69.9 Å². The van der Waals surface area contributed by atoms with Gasteiger partial charge in [0.15, 0.2) is 0 Å². The van der Waals surface area contributed by atoms with Crippen molar-refractivity contribution in [2.75, 3.05) is 7.11 Å². The van der Waals surface area contributed by atoms with Gasteiger partial charge in [0.2, 0.25) is 0 Å². The minimum absolute atomic E-state index is 0.0610. The van der Waals surface area contributed by atoms with Crippen molar-refractivity contribution >= 4 is 16.9 Å². The van der Waals surface area contributed by atoms with Crippen LogP contribution in [0.1, 0.15) is 16.2 Å². The molecule has 0 aliphatic rings. The van der Waals surface area contributed by atoms with Crippen LogP contribution in [0.25, 0.3) is 10.9 Å². The van der Waals surface area contributed by atoms with Crippen LogP contribution in [0.4, 0.5) is 0 Å². The molecule has 6 nitrogen and oxygen atoms in total. The summed E-state index contributed by atoms with van der Waals surface area (Å²) in [6.45, 7) is 0.521. The number of carbonyl (C=O) groups is 1. The molecule has 0 aliphatic carbocycles. The maximum Gasteiger partial charge on any atom is 0.377 e. The van der Waals surface area contributed by atoms with Crippen molar-refractivity contribution in [2.45, 2.75) is 6.54 Å². The van der Waals surface area contributed by atoms with E-state index in [1.54, 1.807) is 10.9 Å². The number of methoxy groups -OCH3 is 1. The third-order valence-electron chi connectivity index (χ3n) is 2.98. The third kappa shape index (κ3) is 2.23. The summed E-state index contributed by atoms with van der Waals surface area (Å²) in [5.41, 5.74) is 2.00. The molecule has 3 aromatic rings. The second-order valence-electron chi connectivity index (χ2n) is 4.24. The first-order chi connectivity index (χ1) is 9.78. The van der Waals surface area contributed by atoms with E-state index in [-0.39, 0.29) is 5.82 Å². The molecule has 0 spiro atoms. The molecule has 0 unspecified atom stereocenters. The number of hydrogen-bond acceptors (Lipinski definition) is 5. The lowest BCUT2D eigenvalue weighted by Gasteiger charge is -2.05. The highest BCUT2D eigenvalue weighted by molar-refractivity contribution is 5.84. The van der Waals surface area contributed by atoms with E-state index in [1.165, 1.54) is 13.4 Å². The first-order valence-corrected chi connectivity index (χ1v) is 6.08. The number of nitrogens with zero attached hydrogens (tertiary/aromatic N) is 4. The van der Waals surface area contributed by atoms with E-state index in [1.807, 2.05) is 30.3 Å². The maximum atomic E-state index is 11.3. The summed E-state index contributed by atoms with van der Waals surface area (Å²) in [6, 6.07) is 9.82. The van der Waals surface area contributed by atoms with Gasteiger partial charge in [-0.25, -0.2) is 14.5 Å². The average Bonchev–Trinajstić information content (AvgIpc) is 2.95. The van der Waals surface area contributed by atoms with Crippen LogP contribution in [0, 0.1) is 0 Å². The Kier molecular flexibility index (Phi) is 3.12. The zero-order valence-corrected chi connectivity index (χ0v) is 10.9. The number of ether oxygens (including phenoxy) is 1. The first-order valence-electron chi connectivity index (χ1n) is 6.08. The normalized spacial score (nSPS) is 10.7. The molecule has 0 atom stereocenters. The van der Waals surface area contributed by atoms with Gasteiger partial charge < -0.3 is 4.74 Å². The van der Waals surface area contributed by atoms with Crippen LogP contribution < -0.4 is 0 Å². The van der Waals surface area contributed by atoms with Crippen LogP contribution in [0.15, 0.2) is 42.9 Å². The molecular formula is C14H12N4O2. The molecule has 6 heteroatoms. The lowest BCUT2D eigenvalue weighted by molar-refractivity contribution is 0.0586. The number of aromatic nitrogens is 4. The summed E-state index contributed by atoms with van der Waals surface area (Å²) in [4.78, 5) is 19.6. The number of para-hydroxylation sites is 1. The van der Waals surface area contributed by atoms with Gasteiger partial charge in [-0.05, 0) is 17.7 Å². The van der Waals surface area contributed by atoms with E-state index in [0.717, 1.165) is 16.5 Å². The zero-order chi connectivity index (χ0) is 13.9. The summed E-state index contributed by atoms with van der Waals surface area (Å²) in [5, 5.41) is 5.15. The van der Waals surface area contributed by atoms with Crippen LogP contribution in [-0.4, -0.2) is 32.8 Å². The molecule has 2 aromatic heterocycles. The minimum atomic E-state index is -0.539. The molecule has 0 bridgehead atoms. The Morgan fingerprint density at radius 1 is 1.25 bits per heavy atom. The Hall–Kier alpha value is -2.76. The number of pyridine rings is 1. The Balaban J connectivity index is 1.93. The summed E-state index contributed by atoms with van der Waals surface area (Å²) < 4.78 is 6.19. The Morgan fingerprint density at radius 3 is 2.95 bits per heavy atom. The molecule has 0 N–H and O–H groups in total. The fourth-order valence-corrected chi connectivity index (χ4v) is 2.02. The van der Waals surface area contributed by atoms with Crippen molar-refractivity contribution in [3.63, 3.8) is 0 Å². The number of esters is 1. The largest absolute Gasteiger partial charge is 0.463 e. The van der Waals surface area contributed by atoms with Crippen molar-refractivity contribution in [1.82, 2.24) is 19.7 Å². The van der Waals surface area contributed by atoms with Crippen molar-refractivity contribution in [1.29, 1.82) is 0 Å². The molecule has 20 heavy (non-hydrogen) atoms.